The Labute approximate surface area is 48.7 Å². The smallest absolute Gasteiger partial charge is 0.399 e. The van der Waals surface area contributed by atoms with Crippen LogP contribution in [0.25, 0.3) is 0 Å². The molecule has 4 heteroatoms. The van der Waals surface area contributed by atoms with Crippen LogP contribution >= 0.6 is 11.1 Å². The first-order chi connectivity index (χ1) is 3.06. The molecule has 0 heterocycles. The van der Waals surface area contributed by atoms with Crippen LogP contribution in [0.3, 0.4) is 0 Å². The van der Waals surface area contributed by atoms with Crippen LogP contribution in [0.2, 0.25) is 6.04 Å². The van der Waals surface area contributed by atoms with Gasteiger partial charge in [0.15, 0.2) is 0 Å². The second kappa shape index (κ2) is 2.67. The van der Waals surface area contributed by atoms with Gasteiger partial charge in [0.2, 0.25) is 0 Å². The first-order valence-electron chi connectivity index (χ1n) is 2.20. The molecule has 0 radical (unpaired) electrons. The van der Waals surface area contributed by atoms with Gasteiger partial charge in [-0.2, -0.15) is 0 Å². The third-order valence-corrected chi connectivity index (χ3v) is 2.27. The van der Waals surface area contributed by atoms with Gasteiger partial charge in [-0.3, -0.25) is 0 Å². The maximum Gasteiger partial charge on any atom is 0.437 e. The molecule has 0 fully saturated rings. The van der Waals surface area contributed by atoms with E-state index in [0.29, 0.717) is 6.04 Å². The van der Waals surface area contributed by atoms with E-state index in [0.717, 1.165) is 6.42 Å². The van der Waals surface area contributed by atoms with Gasteiger partial charge in [-0.15, -0.1) is 0 Å². The zero-order valence-electron chi connectivity index (χ0n) is 4.19. The molecule has 0 saturated carbocycles. The quantitative estimate of drug-likeness (QED) is 0.435. The second-order valence-corrected chi connectivity index (χ2v) is 5.22. The van der Waals surface area contributed by atoms with Gasteiger partial charge in [0.05, 0.1) is 0 Å². The molecule has 0 spiro atoms. The van der Waals surface area contributed by atoms with Gasteiger partial charge in [-0.1, -0.05) is 24.4 Å². The number of rotatable bonds is 2. The molecule has 2 nitrogen and oxygen atoms in total. The molecule has 0 aliphatic carbocycles. The Balaban J connectivity index is 3.15. The molecule has 0 unspecified atom stereocenters. The van der Waals surface area contributed by atoms with Crippen molar-refractivity contribution in [3.05, 3.63) is 0 Å². The van der Waals surface area contributed by atoms with Crippen LogP contribution in [0, 0.1) is 0 Å². The van der Waals surface area contributed by atoms with Gasteiger partial charge >= 0.3 is 7.87 Å². The Bertz CT molecular complexity index is 51.4. The summed E-state index contributed by atoms with van der Waals surface area (Å²) >= 11 is 5.08. The van der Waals surface area contributed by atoms with Crippen LogP contribution in [0.1, 0.15) is 13.3 Å². The van der Waals surface area contributed by atoms with Crippen molar-refractivity contribution in [3.8, 4) is 0 Å². The Hall–Kier alpha value is 0.427. The molecule has 0 amide bonds. The fourth-order valence-corrected chi connectivity index (χ4v) is 1.52. The van der Waals surface area contributed by atoms with E-state index in [9.17, 15) is 0 Å². The molecule has 0 bridgehead atoms. The highest BCUT2D eigenvalue weighted by atomic mass is 35.6. The zero-order valence-corrected chi connectivity index (χ0v) is 5.94. The molecular weight excluding hydrogens is 132 g/mol. The van der Waals surface area contributed by atoms with E-state index in [4.69, 9.17) is 20.7 Å². The minimum atomic E-state index is -3.18. The van der Waals surface area contributed by atoms with Crippen LogP contribution in [-0.4, -0.2) is 17.5 Å². The fraction of sp³-hybridized carbons (Fsp3) is 1.00. The normalized spacial score (nSPS) is 12.0. The highest BCUT2D eigenvalue weighted by molar-refractivity contribution is 7.11. The van der Waals surface area contributed by atoms with Crippen LogP contribution in [0.5, 0.6) is 0 Å². The summed E-state index contributed by atoms with van der Waals surface area (Å²) in [6, 6.07) is 0.356. The van der Waals surface area contributed by atoms with Crippen molar-refractivity contribution in [3.63, 3.8) is 0 Å². The first kappa shape index (κ1) is 7.43. The largest absolute Gasteiger partial charge is 0.437 e. The zero-order chi connectivity index (χ0) is 5.91. The van der Waals surface area contributed by atoms with E-state index >= 15 is 0 Å². The monoisotopic (exact) mass is 140 g/mol. The van der Waals surface area contributed by atoms with Crippen molar-refractivity contribution >= 4 is 18.9 Å². The maximum atomic E-state index is 8.48. The molecule has 0 atom stereocenters. The molecule has 0 saturated heterocycles. The summed E-state index contributed by atoms with van der Waals surface area (Å²) in [5.41, 5.74) is 0. The van der Waals surface area contributed by atoms with Gasteiger partial charge < -0.3 is 9.59 Å². The molecule has 2 N–H and O–H groups in total. The Morgan fingerprint density at radius 3 is 2.00 bits per heavy atom. The van der Waals surface area contributed by atoms with Crippen molar-refractivity contribution < 1.29 is 9.59 Å². The Morgan fingerprint density at radius 2 is 2.00 bits per heavy atom. The lowest BCUT2D eigenvalue weighted by Crippen LogP contribution is -2.25. The molecule has 44 valence electrons. The maximum absolute atomic E-state index is 8.48. The van der Waals surface area contributed by atoms with Crippen LogP contribution in [0.4, 0.5) is 0 Å². The molecule has 0 aromatic rings. The highest BCUT2D eigenvalue weighted by Gasteiger charge is 2.23. The van der Waals surface area contributed by atoms with Crippen LogP contribution < -0.4 is 0 Å². The van der Waals surface area contributed by atoms with E-state index in [-0.39, 0.29) is 0 Å². The van der Waals surface area contributed by atoms with Crippen molar-refractivity contribution in [1.29, 1.82) is 0 Å². The molecular formula is C3H9ClO2Si. The molecule has 0 aliphatic rings. The van der Waals surface area contributed by atoms with E-state index in [2.05, 4.69) is 0 Å². The topological polar surface area (TPSA) is 40.5 Å². The van der Waals surface area contributed by atoms with Crippen LogP contribution in [0.15, 0.2) is 0 Å². The van der Waals surface area contributed by atoms with Crippen LogP contribution in [-0.2, 0) is 0 Å². The third kappa shape index (κ3) is 6.43. The predicted octanol–water partition coefficient (Wildman–Crippen LogP) is 0.559. The minimum Gasteiger partial charge on any atom is -0.399 e. The fourth-order valence-electron chi connectivity index (χ4n) is 0.318. The first-order valence-corrected chi connectivity index (χ1v) is 5.31. The van der Waals surface area contributed by atoms with Gasteiger partial charge in [0, 0.05) is 6.04 Å². The van der Waals surface area contributed by atoms with Gasteiger partial charge in [0.25, 0.3) is 0 Å². The average molecular weight is 141 g/mol. The molecule has 7 heavy (non-hydrogen) atoms. The third-order valence-electron chi connectivity index (χ3n) is 0.568. The van der Waals surface area contributed by atoms with Gasteiger partial charge in [0.1, 0.15) is 0 Å². The predicted molar refractivity (Wildman–Crippen MR) is 31.1 cm³/mol. The molecule has 0 aromatic carbocycles. The Kier molecular flexibility index (Phi) is 2.83. The number of hydrogen-bond donors (Lipinski definition) is 2. The standard InChI is InChI=1S/C3H9ClO2Si/c1-2-3-7(4,5)6/h5-6H,2-3H2,1H3. The van der Waals surface area contributed by atoms with Gasteiger partial charge in [-0.25, -0.2) is 0 Å². The average Bonchev–Trinajstić information content (AvgIpc) is 1.30. The molecule has 0 rings (SSSR count). The summed E-state index contributed by atoms with van der Waals surface area (Å²) in [5.74, 6) is 0. The highest BCUT2D eigenvalue weighted by Crippen LogP contribution is 2.07. The molecule has 0 aromatic heterocycles. The number of halogens is 1. The lowest BCUT2D eigenvalue weighted by Gasteiger charge is -2.03. The SMILES string of the molecule is CCC[Si](O)(O)Cl. The summed E-state index contributed by atoms with van der Waals surface area (Å²) in [7, 11) is -3.18. The Morgan fingerprint density at radius 1 is 1.57 bits per heavy atom. The summed E-state index contributed by atoms with van der Waals surface area (Å²) in [6.07, 6.45) is 0.739. The number of hydrogen-bond acceptors (Lipinski definition) is 2. The summed E-state index contributed by atoms with van der Waals surface area (Å²) < 4.78 is 0. The van der Waals surface area contributed by atoms with Crippen molar-refractivity contribution in [2.24, 2.45) is 0 Å². The molecule has 0 aliphatic heterocycles. The summed E-state index contributed by atoms with van der Waals surface area (Å²) in [5, 5.41) is 0. The van der Waals surface area contributed by atoms with Crippen molar-refractivity contribution in [2.45, 2.75) is 19.4 Å². The van der Waals surface area contributed by atoms with E-state index in [1.165, 1.54) is 0 Å². The van der Waals surface area contributed by atoms with Crippen molar-refractivity contribution in [2.75, 3.05) is 0 Å². The lowest BCUT2D eigenvalue weighted by atomic mass is 10.6. The lowest BCUT2D eigenvalue weighted by molar-refractivity contribution is 0.390. The van der Waals surface area contributed by atoms with E-state index < -0.39 is 7.87 Å². The van der Waals surface area contributed by atoms with Gasteiger partial charge in [-0.05, 0) is 0 Å². The van der Waals surface area contributed by atoms with Crippen molar-refractivity contribution in [1.82, 2.24) is 0 Å². The summed E-state index contributed by atoms with van der Waals surface area (Å²) in [4.78, 5) is 17.0. The minimum absolute atomic E-state index is 0.356. The second-order valence-electron chi connectivity index (χ2n) is 1.47. The van der Waals surface area contributed by atoms with E-state index in [1.807, 2.05) is 6.92 Å². The van der Waals surface area contributed by atoms with E-state index in [1.54, 1.807) is 0 Å². The summed E-state index contributed by atoms with van der Waals surface area (Å²) in [6.45, 7) is 1.86.